The molecule has 1 rings (SSSR count). The fourth-order valence-electron chi connectivity index (χ4n) is 1.86. The number of carbonyl (C=O) groups excluding carboxylic acids is 1. The van der Waals surface area contributed by atoms with E-state index < -0.39 is 5.60 Å². The summed E-state index contributed by atoms with van der Waals surface area (Å²) >= 11 is 0. The molecule has 0 aromatic rings. The molecule has 0 bridgehead atoms. The van der Waals surface area contributed by atoms with E-state index in [9.17, 15) is 9.90 Å². The standard InChI is InChI=1S/C12H23NO3/c1-11(2,3)16-10(15)13-7-8-6-9(14)12(8,4)5/h8-9,14H,6-7H2,1-5H3,(H,13,15). The maximum Gasteiger partial charge on any atom is 0.407 e. The van der Waals surface area contributed by atoms with E-state index in [1.54, 1.807) is 0 Å². The van der Waals surface area contributed by atoms with Crippen molar-refractivity contribution in [3.8, 4) is 0 Å². The van der Waals surface area contributed by atoms with Gasteiger partial charge in [-0.2, -0.15) is 0 Å². The number of aliphatic hydroxyl groups is 1. The Morgan fingerprint density at radius 3 is 2.44 bits per heavy atom. The molecule has 0 aromatic carbocycles. The lowest BCUT2D eigenvalue weighted by atomic mass is 9.60. The average Bonchev–Trinajstić information content (AvgIpc) is 2.09. The molecule has 0 spiro atoms. The number of rotatable bonds is 2. The molecule has 2 atom stereocenters. The van der Waals surface area contributed by atoms with E-state index in [0.29, 0.717) is 12.5 Å². The number of hydrogen-bond donors (Lipinski definition) is 2. The Morgan fingerprint density at radius 1 is 1.50 bits per heavy atom. The molecule has 1 fully saturated rings. The Balaban J connectivity index is 2.29. The number of ether oxygens (including phenoxy) is 1. The van der Waals surface area contributed by atoms with Crippen LogP contribution in [0.5, 0.6) is 0 Å². The maximum atomic E-state index is 11.4. The van der Waals surface area contributed by atoms with Gasteiger partial charge in [0.25, 0.3) is 0 Å². The van der Waals surface area contributed by atoms with Crippen LogP contribution in [0.4, 0.5) is 4.79 Å². The highest BCUT2D eigenvalue weighted by Gasteiger charge is 2.46. The van der Waals surface area contributed by atoms with Gasteiger partial charge >= 0.3 is 6.09 Å². The number of amides is 1. The van der Waals surface area contributed by atoms with E-state index in [1.165, 1.54) is 0 Å². The zero-order valence-electron chi connectivity index (χ0n) is 10.8. The third-order valence-corrected chi connectivity index (χ3v) is 3.31. The van der Waals surface area contributed by atoms with Crippen molar-refractivity contribution in [3.05, 3.63) is 0 Å². The number of carbonyl (C=O) groups is 1. The molecule has 1 saturated carbocycles. The number of hydrogen-bond acceptors (Lipinski definition) is 3. The molecule has 1 aliphatic rings. The van der Waals surface area contributed by atoms with E-state index in [-0.39, 0.29) is 17.6 Å². The fourth-order valence-corrected chi connectivity index (χ4v) is 1.86. The van der Waals surface area contributed by atoms with E-state index in [1.807, 2.05) is 34.6 Å². The van der Waals surface area contributed by atoms with Gasteiger partial charge in [0.2, 0.25) is 0 Å². The SMILES string of the molecule is CC(C)(C)OC(=O)NCC1CC(O)C1(C)C. The second kappa shape index (κ2) is 4.24. The monoisotopic (exact) mass is 229 g/mol. The second-order valence-electron chi connectivity index (χ2n) is 6.15. The quantitative estimate of drug-likeness (QED) is 0.760. The zero-order valence-corrected chi connectivity index (χ0v) is 10.8. The van der Waals surface area contributed by atoms with Gasteiger partial charge in [-0.05, 0) is 38.5 Å². The Kier molecular flexibility index (Phi) is 3.53. The summed E-state index contributed by atoms with van der Waals surface area (Å²) in [6.45, 7) is 10.1. The molecule has 2 unspecified atom stereocenters. The van der Waals surface area contributed by atoms with Crippen LogP contribution in [-0.2, 0) is 4.74 Å². The summed E-state index contributed by atoms with van der Waals surface area (Å²) in [6, 6.07) is 0. The Labute approximate surface area is 97.4 Å². The van der Waals surface area contributed by atoms with Gasteiger partial charge in [0.15, 0.2) is 0 Å². The van der Waals surface area contributed by atoms with Gasteiger partial charge in [0.1, 0.15) is 5.60 Å². The summed E-state index contributed by atoms with van der Waals surface area (Å²) in [5.74, 6) is 0.329. The van der Waals surface area contributed by atoms with E-state index in [4.69, 9.17) is 4.74 Å². The Morgan fingerprint density at radius 2 is 2.06 bits per heavy atom. The number of alkyl carbamates (subject to hydrolysis) is 1. The predicted molar refractivity (Wildman–Crippen MR) is 62.1 cm³/mol. The summed E-state index contributed by atoms with van der Waals surface area (Å²) in [7, 11) is 0. The summed E-state index contributed by atoms with van der Waals surface area (Å²) in [5, 5.41) is 12.3. The van der Waals surface area contributed by atoms with Crippen LogP contribution < -0.4 is 5.32 Å². The van der Waals surface area contributed by atoms with Crippen molar-refractivity contribution in [3.63, 3.8) is 0 Å². The van der Waals surface area contributed by atoms with Crippen LogP contribution in [-0.4, -0.2) is 29.4 Å². The topological polar surface area (TPSA) is 58.6 Å². The summed E-state index contributed by atoms with van der Waals surface area (Å²) < 4.78 is 5.14. The van der Waals surface area contributed by atoms with Crippen molar-refractivity contribution in [2.24, 2.45) is 11.3 Å². The molecule has 0 aromatic heterocycles. The molecule has 1 aliphatic carbocycles. The molecule has 2 N–H and O–H groups in total. The summed E-state index contributed by atoms with van der Waals surface area (Å²) in [5.41, 5.74) is -0.562. The molecule has 0 saturated heterocycles. The van der Waals surface area contributed by atoms with Crippen molar-refractivity contribution in [1.82, 2.24) is 5.32 Å². The van der Waals surface area contributed by atoms with Crippen LogP contribution in [0.3, 0.4) is 0 Å². The first-order valence-corrected chi connectivity index (χ1v) is 5.78. The van der Waals surface area contributed by atoms with Gasteiger partial charge in [-0.3, -0.25) is 0 Å². The van der Waals surface area contributed by atoms with E-state index in [0.717, 1.165) is 6.42 Å². The van der Waals surface area contributed by atoms with E-state index >= 15 is 0 Å². The van der Waals surface area contributed by atoms with Crippen LogP contribution in [0.15, 0.2) is 0 Å². The third-order valence-electron chi connectivity index (χ3n) is 3.31. The molecule has 1 amide bonds. The fraction of sp³-hybridized carbons (Fsp3) is 0.917. The minimum atomic E-state index is -0.460. The van der Waals surface area contributed by atoms with Crippen molar-refractivity contribution in [2.75, 3.05) is 6.54 Å². The van der Waals surface area contributed by atoms with Gasteiger partial charge in [-0.1, -0.05) is 13.8 Å². The van der Waals surface area contributed by atoms with Gasteiger partial charge in [-0.15, -0.1) is 0 Å². The lowest BCUT2D eigenvalue weighted by Crippen LogP contribution is -2.53. The lowest BCUT2D eigenvalue weighted by molar-refractivity contribution is -0.0965. The van der Waals surface area contributed by atoms with E-state index in [2.05, 4.69) is 5.32 Å². The van der Waals surface area contributed by atoms with Gasteiger partial charge < -0.3 is 15.2 Å². The summed E-state index contributed by atoms with van der Waals surface area (Å²) in [6.07, 6.45) is 0.116. The molecular formula is C12H23NO3. The third kappa shape index (κ3) is 3.11. The van der Waals surface area contributed by atoms with Gasteiger partial charge in [0, 0.05) is 6.54 Å². The smallest absolute Gasteiger partial charge is 0.407 e. The normalized spacial score (nSPS) is 28.1. The first-order chi connectivity index (χ1) is 7.13. The molecule has 0 aliphatic heterocycles. The predicted octanol–water partition coefficient (Wildman–Crippen LogP) is 1.92. The Hall–Kier alpha value is -0.770. The van der Waals surface area contributed by atoms with Crippen LogP contribution in [0.1, 0.15) is 41.0 Å². The highest BCUT2D eigenvalue weighted by molar-refractivity contribution is 5.67. The average molecular weight is 229 g/mol. The second-order valence-corrected chi connectivity index (χ2v) is 6.15. The Bertz CT molecular complexity index is 268. The molecule has 0 radical (unpaired) electrons. The van der Waals surface area contributed by atoms with Crippen molar-refractivity contribution >= 4 is 6.09 Å². The van der Waals surface area contributed by atoms with Crippen LogP contribution >= 0.6 is 0 Å². The number of aliphatic hydroxyl groups excluding tert-OH is 1. The maximum absolute atomic E-state index is 11.4. The molecule has 4 nitrogen and oxygen atoms in total. The highest BCUT2D eigenvalue weighted by Crippen LogP contribution is 2.45. The largest absolute Gasteiger partial charge is 0.444 e. The molecule has 94 valence electrons. The summed E-state index contributed by atoms with van der Waals surface area (Å²) in [4.78, 5) is 11.4. The minimum Gasteiger partial charge on any atom is -0.444 e. The lowest BCUT2D eigenvalue weighted by Gasteiger charge is -2.49. The minimum absolute atomic E-state index is 0.102. The highest BCUT2D eigenvalue weighted by atomic mass is 16.6. The number of nitrogens with one attached hydrogen (secondary N) is 1. The van der Waals surface area contributed by atoms with Crippen molar-refractivity contribution in [2.45, 2.75) is 52.7 Å². The van der Waals surface area contributed by atoms with Crippen molar-refractivity contribution < 1.29 is 14.6 Å². The molecule has 0 heterocycles. The van der Waals surface area contributed by atoms with Crippen LogP contribution in [0.25, 0.3) is 0 Å². The van der Waals surface area contributed by atoms with Crippen LogP contribution in [0.2, 0.25) is 0 Å². The molecule has 16 heavy (non-hydrogen) atoms. The zero-order chi connectivity index (χ0) is 12.6. The first kappa shape index (κ1) is 13.3. The molecule has 4 heteroatoms. The van der Waals surface area contributed by atoms with Crippen molar-refractivity contribution in [1.29, 1.82) is 0 Å². The van der Waals surface area contributed by atoms with Gasteiger partial charge in [0.05, 0.1) is 6.10 Å². The van der Waals surface area contributed by atoms with Gasteiger partial charge in [-0.25, -0.2) is 4.79 Å². The van der Waals surface area contributed by atoms with Crippen LogP contribution in [0, 0.1) is 11.3 Å². The first-order valence-electron chi connectivity index (χ1n) is 5.78. The molecular weight excluding hydrogens is 206 g/mol.